The Balaban J connectivity index is 2.60. The summed E-state index contributed by atoms with van der Waals surface area (Å²) in [4.78, 5) is 17.2. The fourth-order valence-corrected chi connectivity index (χ4v) is 5.84. The van der Waals surface area contributed by atoms with E-state index in [1.54, 1.807) is 17.4 Å². The molecule has 5 nitrogen and oxygen atoms in total. The van der Waals surface area contributed by atoms with Crippen LogP contribution < -0.4 is 0 Å². The van der Waals surface area contributed by atoms with E-state index in [4.69, 9.17) is 14.5 Å². The van der Waals surface area contributed by atoms with Crippen molar-refractivity contribution in [3.63, 3.8) is 0 Å². The quantitative estimate of drug-likeness (QED) is 0.231. The molecule has 0 aromatic carbocycles. The number of unbranched alkanes of at least 4 members (excludes halogenated alkanes) is 1. The monoisotopic (exact) mass is 448 g/mol. The van der Waals surface area contributed by atoms with Gasteiger partial charge in [-0.3, -0.25) is 0 Å². The molecule has 30 heavy (non-hydrogen) atoms. The van der Waals surface area contributed by atoms with Gasteiger partial charge in [-0.2, -0.15) is 11.3 Å². The second-order valence-corrected chi connectivity index (χ2v) is 14.4. The van der Waals surface area contributed by atoms with E-state index in [1.165, 1.54) is 5.56 Å². The smallest absolute Gasteiger partial charge is 0.331 e. The highest BCUT2D eigenvalue weighted by molar-refractivity contribution is 7.07. The van der Waals surface area contributed by atoms with Crippen molar-refractivity contribution < 1.29 is 14.3 Å². The van der Waals surface area contributed by atoms with Crippen LogP contribution in [0.5, 0.6) is 0 Å². The zero-order valence-electron chi connectivity index (χ0n) is 19.2. The van der Waals surface area contributed by atoms with Crippen molar-refractivity contribution in [2.75, 3.05) is 13.2 Å². The van der Waals surface area contributed by atoms with E-state index in [0.29, 0.717) is 19.6 Å². The van der Waals surface area contributed by atoms with E-state index in [9.17, 15) is 4.79 Å². The van der Waals surface area contributed by atoms with Crippen LogP contribution in [0.1, 0.15) is 56.5 Å². The summed E-state index contributed by atoms with van der Waals surface area (Å²) in [6.07, 6.45) is 7.28. The standard InChI is InChI=1S/C23H36N2O3SSi/c1-7-10-11-21-24-16-20(25(21)23(28-9-3)30(4,5)6)19(15-22(26)27-8-2)14-18-12-13-29-17-18/h12-13,15-17,23H,7-11,14H2,1-6H3. The molecule has 0 saturated heterocycles. The van der Waals surface area contributed by atoms with Crippen LogP contribution in [0.2, 0.25) is 19.6 Å². The van der Waals surface area contributed by atoms with E-state index in [2.05, 4.69) is 48.0 Å². The molecule has 0 aliphatic rings. The zero-order chi connectivity index (χ0) is 22.1. The molecular formula is C23H36N2O3SSi. The number of thiophene rings is 1. The van der Waals surface area contributed by atoms with Gasteiger partial charge < -0.3 is 14.0 Å². The molecule has 2 heterocycles. The van der Waals surface area contributed by atoms with Crippen molar-refractivity contribution in [3.05, 3.63) is 46.2 Å². The minimum Gasteiger partial charge on any atom is -0.463 e. The number of allylic oxidation sites excluding steroid dienone is 1. The van der Waals surface area contributed by atoms with Crippen molar-refractivity contribution in [1.29, 1.82) is 0 Å². The highest BCUT2D eigenvalue weighted by Crippen LogP contribution is 2.31. The van der Waals surface area contributed by atoms with E-state index in [1.807, 2.05) is 20.0 Å². The number of aromatic nitrogens is 2. The van der Waals surface area contributed by atoms with Crippen molar-refractivity contribution in [3.8, 4) is 0 Å². The molecule has 2 rings (SSSR count). The topological polar surface area (TPSA) is 53.3 Å². The maximum Gasteiger partial charge on any atom is 0.331 e. The first kappa shape index (κ1) is 24.6. The maximum absolute atomic E-state index is 12.4. The van der Waals surface area contributed by atoms with Gasteiger partial charge in [-0.05, 0) is 48.2 Å². The lowest BCUT2D eigenvalue weighted by molar-refractivity contribution is -0.137. The minimum absolute atomic E-state index is 0.0417. The number of aryl methyl sites for hydroxylation is 1. The van der Waals surface area contributed by atoms with E-state index < -0.39 is 8.07 Å². The molecule has 2 aromatic heterocycles. The Bertz CT molecular complexity index is 822. The Hall–Kier alpha value is -1.70. The molecule has 7 heteroatoms. The second kappa shape index (κ2) is 11.6. The number of rotatable bonds is 12. The number of hydrogen-bond acceptors (Lipinski definition) is 5. The fraction of sp³-hybridized carbons (Fsp3) is 0.565. The molecule has 0 bridgehead atoms. The number of imidazole rings is 1. The molecule has 0 saturated carbocycles. The first-order chi connectivity index (χ1) is 14.3. The van der Waals surface area contributed by atoms with Crippen molar-refractivity contribution in [2.45, 2.75) is 71.9 Å². The SMILES string of the molecule is CCCCc1ncc(C(=CC(=O)OCC)Cc2ccsc2)n1C(OCC)[Si](C)(C)C. The second-order valence-electron chi connectivity index (χ2n) is 8.44. The van der Waals surface area contributed by atoms with Gasteiger partial charge in [0.25, 0.3) is 0 Å². The predicted molar refractivity (Wildman–Crippen MR) is 127 cm³/mol. The lowest BCUT2D eigenvalue weighted by Gasteiger charge is -2.33. The van der Waals surface area contributed by atoms with E-state index >= 15 is 0 Å². The number of ether oxygens (including phenoxy) is 2. The Labute approximate surface area is 186 Å². The average molecular weight is 449 g/mol. The third kappa shape index (κ3) is 6.65. The Morgan fingerprint density at radius 3 is 2.60 bits per heavy atom. The van der Waals surface area contributed by atoms with E-state index in [-0.39, 0.29) is 11.8 Å². The molecule has 1 atom stereocenters. The molecule has 0 fully saturated rings. The average Bonchev–Trinajstić information content (AvgIpc) is 3.32. The molecular weight excluding hydrogens is 412 g/mol. The van der Waals surface area contributed by atoms with Gasteiger partial charge in [0.2, 0.25) is 0 Å². The van der Waals surface area contributed by atoms with E-state index in [0.717, 1.165) is 36.4 Å². The molecule has 0 spiro atoms. The summed E-state index contributed by atoms with van der Waals surface area (Å²) in [6, 6.07) is 2.10. The van der Waals surface area contributed by atoms with Crippen LogP contribution in [0, 0.1) is 0 Å². The van der Waals surface area contributed by atoms with Crippen LogP contribution in [0.3, 0.4) is 0 Å². The summed E-state index contributed by atoms with van der Waals surface area (Å²) in [5, 5.41) is 4.18. The number of hydrogen-bond donors (Lipinski definition) is 0. The van der Waals surface area contributed by atoms with Crippen LogP contribution in [-0.2, 0) is 27.1 Å². The molecule has 0 N–H and O–H groups in total. The summed E-state index contributed by atoms with van der Waals surface area (Å²) in [5.74, 6) is 0.680. The Morgan fingerprint density at radius 1 is 1.27 bits per heavy atom. The highest BCUT2D eigenvalue weighted by Gasteiger charge is 2.33. The van der Waals surface area contributed by atoms with Gasteiger partial charge in [-0.15, -0.1) is 0 Å². The minimum atomic E-state index is -1.73. The molecule has 1 unspecified atom stereocenters. The molecule has 0 aliphatic carbocycles. The Kier molecular flexibility index (Phi) is 9.52. The molecule has 166 valence electrons. The summed E-state index contributed by atoms with van der Waals surface area (Å²) < 4.78 is 13.8. The normalized spacial score (nSPS) is 13.5. The van der Waals surface area contributed by atoms with Gasteiger partial charge in [0.1, 0.15) is 19.7 Å². The molecule has 2 aromatic rings. The summed E-state index contributed by atoms with van der Waals surface area (Å²) >= 11 is 1.66. The molecule has 0 amide bonds. The third-order valence-corrected chi connectivity index (χ3v) is 7.45. The first-order valence-electron chi connectivity index (χ1n) is 10.9. The lowest BCUT2D eigenvalue weighted by Crippen LogP contribution is -2.39. The van der Waals surface area contributed by atoms with Gasteiger partial charge >= 0.3 is 5.97 Å². The third-order valence-electron chi connectivity index (χ3n) is 4.81. The number of carbonyl (C=O) groups excluding carboxylic acids is 1. The zero-order valence-corrected chi connectivity index (χ0v) is 21.1. The van der Waals surface area contributed by atoms with Crippen LogP contribution in [0.4, 0.5) is 0 Å². The van der Waals surface area contributed by atoms with Crippen molar-refractivity contribution in [2.24, 2.45) is 0 Å². The summed E-state index contributed by atoms with van der Waals surface area (Å²) in [6.45, 7) is 14.0. The Morgan fingerprint density at radius 2 is 2.03 bits per heavy atom. The lowest BCUT2D eigenvalue weighted by atomic mass is 10.0. The largest absolute Gasteiger partial charge is 0.463 e. The van der Waals surface area contributed by atoms with Crippen molar-refractivity contribution >= 4 is 31.0 Å². The van der Waals surface area contributed by atoms with Crippen LogP contribution in [0.25, 0.3) is 5.57 Å². The summed E-state index contributed by atoms with van der Waals surface area (Å²) in [5.41, 5.74) is 3.06. The van der Waals surface area contributed by atoms with Gasteiger partial charge in [-0.1, -0.05) is 33.0 Å². The first-order valence-corrected chi connectivity index (χ1v) is 15.4. The van der Waals surface area contributed by atoms with Gasteiger partial charge in [-0.25, -0.2) is 9.78 Å². The molecule has 0 aliphatic heterocycles. The van der Waals surface area contributed by atoms with Crippen molar-refractivity contribution in [1.82, 2.24) is 9.55 Å². The van der Waals surface area contributed by atoms with Crippen LogP contribution in [-0.4, -0.2) is 36.8 Å². The van der Waals surface area contributed by atoms with Crippen LogP contribution in [0.15, 0.2) is 29.1 Å². The maximum atomic E-state index is 12.4. The van der Waals surface area contributed by atoms with Gasteiger partial charge in [0.05, 0.1) is 18.5 Å². The van der Waals surface area contributed by atoms with Gasteiger partial charge in [0.15, 0.2) is 0 Å². The number of nitrogens with zero attached hydrogens (tertiary/aromatic N) is 2. The molecule has 0 radical (unpaired) electrons. The van der Waals surface area contributed by atoms with Crippen LogP contribution >= 0.6 is 11.3 Å². The number of carbonyl (C=O) groups is 1. The fourth-order valence-electron chi connectivity index (χ4n) is 3.44. The highest BCUT2D eigenvalue weighted by atomic mass is 32.1. The van der Waals surface area contributed by atoms with Gasteiger partial charge in [0, 0.05) is 25.5 Å². The number of esters is 1. The predicted octanol–water partition coefficient (Wildman–Crippen LogP) is 5.89. The summed E-state index contributed by atoms with van der Waals surface area (Å²) in [7, 11) is -1.73.